The molecule has 0 unspecified atom stereocenters. The SMILES string of the molecule is C=CC(=O)N1CCN(C2=N/C(=C3/CO3)N3c4nc(c(F)cc42)-c2c(F)cccc2NCCCc2ccnc(C(C)(C)C)c23)CC1. The number of amides is 1. The second-order valence-corrected chi connectivity index (χ2v) is 12.6. The number of benzene rings is 1. The summed E-state index contributed by atoms with van der Waals surface area (Å²) in [5.74, 6) is 0.834. The smallest absolute Gasteiger partial charge is 0.246 e. The molecule has 0 saturated carbocycles. The number of hydrogen-bond acceptors (Lipinski definition) is 8. The first-order valence-corrected chi connectivity index (χ1v) is 15.3. The fourth-order valence-electron chi connectivity index (χ4n) is 6.28. The molecular formula is C34H35F2N7O2. The minimum Gasteiger partial charge on any atom is -0.482 e. The molecule has 6 heterocycles. The average Bonchev–Trinajstić information content (AvgIpc) is 3.87. The van der Waals surface area contributed by atoms with Gasteiger partial charge in [-0.3, -0.25) is 14.7 Å². The van der Waals surface area contributed by atoms with E-state index in [4.69, 9.17) is 19.7 Å². The van der Waals surface area contributed by atoms with E-state index in [9.17, 15) is 4.79 Å². The summed E-state index contributed by atoms with van der Waals surface area (Å²) in [6, 6.07) is 8.11. The molecule has 0 spiro atoms. The Balaban J connectivity index is 1.50. The Labute approximate surface area is 260 Å². The topological polar surface area (TPSA) is 89.5 Å². The van der Waals surface area contributed by atoms with E-state index >= 15 is 8.78 Å². The molecule has 4 aliphatic rings. The van der Waals surface area contributed by atoms with Gasteiger partial charge in [-0.2, -0.15) is 0 Å². The number of aliphatic imine (C=N–C) groups is 1. The van der Waals surface area contributed by atoms with E-state index < -0.39 is 11.6 Å². The third kappa shape index (κ3) is 5.09. The molecule has 3 aromatic rings. The lowest BCUT2D eigenvalue weighted by Gasteiger charge is -2.40. The number of pyridine rings is 2. The van der Waals surface area contributed by atoms with Gasteiger partial charge in [0.1, 0.15) is 24.0 Å². The Bertz CT molecular complexity index is 1780. The fraction of sp³-hybridized carbons (Fsp3) is 0.353. The number of hydrogen-bond donors (Lipinski definition) is 1. The number of fused-ring (bicyclic) bond motifs is 5. The van der Waals surface area contributed by atoms with Crippen LogP contribution >= 0.6 is 0 Å². The number of amidine groups is 1. The zero-order valence-electron chi connectivity index (χ0n) is 25.7. The van der Waals surface area contributed by atoms with Crippen LogP contribution in [0.4, 0.5) is 26.0 Å². The zero-order valence-corrected chi connectivity index (χ0v) is 25.7. The van der Waals surface area contributed by atoms with Crippen LogP contribution in [-0.4, -0.2) is 70.8 Å². The summed E-state index contributed by atoms with van der Waals surface area (Å²) in [4.78, 5) is 33.0. The summed E-state index contributed by atoms with van der Waals surface area (Å²) in [6.07, 6.45) is 4.59. The molecule has 2 aromatic heterocycles. The maximum absolute atomic E-state index is 16.3. The quantitative estimate of drug-likeness (QED) is 0.287. The van der Waals surface area contributed by atoms with Crippen LogP contribution in [0, 0.1) is 11.6 Å². The van der Waals surface area contributed by atoms with Crippen molar-refractivity contribution >= 4 is 28.9 Å². The van der Waals surface area contributed by atoms with Gasteiger partial charge < -0.3 is 19.9 Å². The fourth-order valence-corrected chi connectivity index (χ4v) is 6.28. The first-order chi connectivity index (χ1) is 21.7. The van der Waals surface area contributed by atoms with Crippen molar-refractivity contribution in [2.45, 2.75) is 39.0 Å². The van der Waals surface area contributed by atoms with Crippen molar-refractivity contribution in [3.8, 4) is 11.3 Å². The second kappa shape index (κ2) is 11.0. The molecule has 232 valence electrons. The van der Waals surface area contributed by atoms with Crippen LogP contribution in [0.3, 0.4) is 0 Å². The van der Waals surface area contributed by atoms with Gasteiger partial charge in [0.25, 0.3) is 0 Å². The molecule has 0 aliphatic carbocycles. The van der Waals surface area contributed by atoms with Crippen LogP contribution in [0.5, 0.6) is 0 Å². The first-order valence-electron chi connectivity index (χ1n) is 15.3. The number of ether oxygens (including phenoxy) is 1. The molecule has 7 rings (SSSR count). The van der Waals surface area contributed by atoms with E-state index in [0.29, 0.717) is 80.2 Å². The Morgan fingerprint density at radius 3 is 2.60 bits per heavy atom. The van der Waals surface area contributed by atoms with Crippen molar-refractivity contribution in [3.63, 3.8) is 0 Å². The van der Waals surface area contributed by atoms with Crippen LogP contribution in [-0.2, 0) is 21.4 Å². The summed E-state index contributed by atoms with van der Waals surface area (Å²) >= 11 is 0. The lowest BCUT2D eigenvalue weighted by atomic mass is 9.87. The van der Waals surface area contributed by atoms with E-state index in [0.717, 1.165) is 23.4 Å². The maximum Gasteiger partial charge on any atom is 0.246 e. The second-order valence-electron chi connectivity index (χ2n) is 12.6. The Morgan fingerprint density at radius 2 is 1.89 bits per heavy atom. The van der Waals surface area contributed by atoms with Crippen LogP contribution in [0.1, 0.15) is 44.0 Å². The summed E-state index contributed by atoms with van der Waals surface area (Å²) in [5.41, 5.74) is 3.30. The number of carbonyl (C=O) groups is 1. The van der Waals surface area contributed by atoms with Crippen LogP contribution < -0.4 is 10.2 Å². The van der Waals surface area contributed by atoms with E-state index in [1.807, 2.05) is 22.1 Å². The molecule has 1 aromatic carbocycles. The molecule has 0 radical (unpaired) electrons. The highest BCUT2D eigenvalue weighted by Crippen LogP contribution is 2.47. The highest BCUT2D eigenvalue weighted by molar-refractivity contribution is 6.07. The van der Waals surface area contributed by atoms with E-state index in [-0.39, 0.29) is 22.6 Å². The maximum atomic E-state index is 16.3. The van der Waals surface area contributed by atoms with Gasteiger partial charge in [-0.1, -0.05) is 33.4 Å². The normalized spacial score (nSPS) is 19.2. The van der Waals surface area contributed by atoms with Gasteiger partial charge in [0, 0.05) is 50.0 Å². The number of nitrogens with zero attached hydrogens (tertiary/aromatic N) is 6. The molecule has 2 fully saturated rings. The Hall–Kier alpha value is -4.80. The monoisotopic (exact) mass is 611 g/mol. The van der Waals surface area contributed by atoms with Gasteiger partial charge in [0.2, 0.25) is 5.91 Å². The van der Waals surface area contributed by atoms with Gasteiger partial charge in [-0.05, 0) is 48.7 Å². The average molecular weight is 612 g/mol. The number of nitrogens with one attached hydrogen (secondary N) is 1. The third-order valence-electron chi connectivity index (χ3n) is 8.57. The van der Waals surface area contributed by atoms with Crippen molar-refractivity contribution in [2.75, 3.05) is 49.5 Å². The van der Waals surface area contributed by atoms with Crippen LogP contribution in [0.15, 0.2) is 65.8 Å². The van der Waals surface area contributed by atoms with E-state index in [1.165, 1.54) is 18.2 Å². The third-order valence-corrected chi connectivity index (χ3v) is 8.57. The van der Waals surface area contributed by atoms with Crippen LogP contribution in [0.25, 0.3) is 11.3 Å². The molecule has 2 saturated heterocycles. The summed E-state index contributed by atoms with van der Waals surface area (Å²) in [5, 5.41) is 3.33. The van der Waals surface area contributed by atoms with Crippen molar-refractivity contribution in [2.24, 2.45) is 4.99 Å². The molecule has 1 N–H and O–H groups in total. The highest BCUT2D eigenvalue weighted by atomic mass is 19.1. The lowest BCUT2D eigenvalue weighted by molar-refractivity contribution is -0.127. The number of halogens is 2. The number of epoxide rings is 1. The summed E-state index contributed by atoms with van der Waals surface area (Å²) < 4.78 is 37.7. The Kier molecular flexibility index (Phi) is 7.06. The lowest BCUT2D eigenvalue weighted by Crippen LogP contribution is -2.51. The predicted molar refractivity (Wildman–Crippen MR) is 169 cm³/mol. The van der Waals surface area contributed by atoms with Crippen molar-refractivity contribution in [3.05, 3.63) is 89.2 Å². The summed E-state index contributed by atoms with van der Waals surface area (Å²) in [7, 11) is 0. The van der Waals surface area contributed by atoms with Gasteiger partial charge in [0.15, 0.2) is 23.2 Å². The van der Waals surface area contributed by atoms with Crippen molar-refractivity contribution in [1.82, 2.24) is 19.8 Å². The van der Waals surface area contributed by atoms with Gasteiger partial charge in [-0.25, -0.2) is 18.8 Å². The zero-order chi connectivity index (χ0) is 31.5. The highest BCUT2D eigenvalue weighted by Gasteiger charge is 2.40. The number of anilines is 3. The van der Waals surface area contributed by atoms with Gasteiger partial charge in [-0.15, -0.1) is 0 Å². The van der Waals surface area contributed by atoms with Crippen molar-refractivity contribution in [1.29, 1.82) is 0 Å². The minimum atomic E-state index is -0.659. The molecule has 45 heavy (non-hydrogen) atoms. The molecule has 1 amide bonds. The van der Waals surface area contributed by atoms with E-state index in [1.54, 1.807) is 17.0 Å². The number of piperazine rings is 1. The van der Waals surface area contributed by atoms with E-state index in [2.05, 4.69) is 32.7 Å². The van der Waals surface area contributed by atoms with Gasteiger partial charge in [0.05, 0.1) is 22.5 Å². The predicted octanol–water partition coefficient (Wildman–Crippen LogP) is 5.51. The standard InChI is InChI=1S/C34H35F2N7O2/c1-5-26(44)41-14-16-42(17-15-41)31-21-18-23(36)28-27-22(35)9-6-10-24(27)37-12-7-8-20-11-13-38-30(34(2,3)4)29(20)43(32(21)39-28)33(40-31)25-19-45-25/h5-6,9-11,13,18,37H,1,7-8,12,14-17,19H2,2-4H3/b33-25+. The number of aromatic nitrogens is 2. The number of carbonyl (C=O) groups excluding carboxylic acids is 1. The molecule has 0 atom stereocenters. The minimum absolute atomic E-state index is 0.0817. The molecule has 9 nitrogen and oxygen atoms in total. The molecular weight excluding hydrogens is 576 g/mol. The first kappa shape index (κ1) is 28.9. The van der Waals surface area contributed by atoms with Gasteiger partial charge >= 0.3 is 0 Å². The van der Waals surface area contributed by atoms with Crippen LogP contribution in [0.2, 0.25) is 0 Å². The number of aryl methyl sites for hydroxylation is 1. The van der Waals surface area contributed by atoms with Crippen molar-refractivity contribution < 1.29 is 18.3 Å². The Morgan fingerprint density at radius 1 is 1.11 bits per heavy atom. The molecule has 4 aliphatic heterocycles. The molecule has 11 heteroatoms. The largest absolute Gasteiger partial charge is 0.482 e. The molecule has 2 bridgehead atoms. The summed E-state index contributed by atoms with van der Waals surface area (Å²) in [6.45, 7) is 12.8. The number of rotatable bonds is 1.